The molecule has 0 spiro atoms. The van der Waals surface area contributed by atoms with Crippen molar-refractivity contribution in [3.8, 4) is 0 Å². The molecule has 0 radical (unpaired) electrons. The first-order valence-electron chi connectivity index (χ1n) is 9.54. The van der Waals surface area contributed by atoms with Gasteiger partial charge in [0.15, 0.2) is 0 Å². The molecule has 0 aromatic heterocycles. The lowest BCUT2D eigenvalue weighted by Gasteiger charge is -2.63. The number of nitrogens with one attached hydrogen (secondary N) is 1. The zero-order valence-corrected chi connectivity index (χ0v) is 14.3. The maximum atomic E-state index is 3.82. The number of nitrogens with zero attached hydrogens (tertiary/aromatic N) is 1. The van der Waals surface area contributed by atoms with Crippen molar-refractivity contribution in [2.45, 2.75) is 83.3 Å². The van der Waals surface area contributed by atoms with Crippen molar-refractivity contribution in [3.05, 3.63) is 0 Å². The van der Waals surface area contributed by atoms with E-state index in [2.05, 4.69) is 31.0 Å². The van der Waals surface area contributed by atoms with Gasteiger partial charge in [0.25, 0.3) is 0 Å². The number of hydrogen-bond donors (Lipinski definition) is 1. The van der Waals surface area contributed by atoms with E-state index in [0.717, 1.165) is 35.8 Å². The Hall–Kier alpha value is -0.0800. The lowest BCUT2D eigenvalue weighted by molar-refractivity contribution is -0.113. The van der Waals surface area contributed by atoms with Gasteiger partial charge in [-0.05, 0) is 75.5 Å². The Labute approximate surface area is 131 Å². The van der Waals surface area contributed by atoms with Crippen LogP contribution in [0.4, 0.5) is 0 Å². The molecule has 5 aliphatic rings. The highest BCUT2D eigenvalue weighted by Gasteiger charge is 2.54. The minimum Gasteiger partial charge on any atom is -0.311 e. The van der Waals surface area contributed by atoms with Gasteiger partial charge in [-0.3, -0.25) is 4.90 Å². The molecule has 4 bridgehead atoms. The van der Waals surface area contributed by atoms with Crippen LogP contribution >= 0.6 is 0 Å². The van der Waals surface area contributed by atoms with Gasteiger partial charge in [-0.1, -0.05) is 13.8 Å². The van der Waals surface area contributed by atoms with Crippen LogP contribution in [0.5, 0.6) is 0 Å². The van der Waals surface area contributed by atoms with Crippen LogP contribution in [0.3, 0.4) is 0 Å². The van der Waals surface area contributed by atoms with Crippen molar-refractivity contribution < 1.29 is 0 Å². The van der Waals surface area contributed by atoms with Gasteiger partial charge in [0.05, 0.1) is 0 Å². The van der Waals surface area contributed by atoms with E-state index >= 15 is 0 Å². The second-order valence-corrected chi connectivity index (χ2v) is 9.38. The highest BCUT2D eigenvalue weighted by molar-refractivity contribution is 5.09. The minimum atomic E-state index is 0.603. The average molecular weight is 290 g/mol. The molecule has 1 saturated heterocycles. The first-order valence-corrected chi connectivity index (χ1v) is 9.54. The maximum Gasteiger partial charge on any atom is 0.0221 e. The quantitative estimate of drug-likeness (QED) is 0.853. The monoisotopic (exact) mass is 290 g/mol. The largest absolute Gasteiger partial charge is 0.311 e. The van der Waals surface area contributed by atoms with Gasteiger partial charge < -0.3 is 5.32 Å². The fourth-order valence-electron chi connectivity index (χ4n) is 6.73. The van der Waals surface area contributed by atoms with Crippen LogP contribution in [-0.2, 0) is 0 Å². The summed E-state index contributed by atoms with van der Waals surface area (Å²) < 4.78 is 0. The molecule has 0 amide bonds. The fraction of sp³-hybridized carbons (Fsp3) is 1.00. The maximum absolute atomic E-state index is 3.82. The molecular formula is C19H34N2. The minimum absolute atomic E-state index is 0.603. The Bertz CT molecular complexity index is 354. The standard InChI is InChI=1S/C19H34N2/c1-13(2)4-18-12-21(14(3)11-20-18)19-8-15-5-16(9-19)7-17(6-15)10-19/h13-18,20H,4-12H2,1-3H3. The lowest BCUT2D eigenvalue weighted by atomic mass is 9.52. The van der Waals surface area contributed by atoms with E-state index in [0.29, 0.717) is 5.54 Å². The van der Waals surface area contributed by atoms with Crippen molar-refractivity contribution in [1.29, 1.82) is 0 Å². The summed E-state index contributed by atoms with van der Waals surface area (Å²) in [6.07, 6.45) is 10.6. The van der Waals surface area contributed by atoms with Crippen molar-refractivity contribution in [2.75, 3.05) is 13.1 Å². The van der Waals surface area contributed by atoms with Gasteiger partial charge in [-0.25, -0.2) is 0 Å². The molecule has 4 saturated carbocycles. The second-order valence-electron chi connectivity index (χ2n) is 9.38. The number of rotatable bonds is 3. The molecule has 21 heavy (non-hydrogen) atoms. The van der Waals surface area contributed by atoms with Crippen LogP contribution < -0.4 is 5.32 Å². The summed E-state index contributed by atoms with van der Waals surface area (Å²) in [5.41, 5.74) is 0.603. The highest BCUT2D eigenvalue weighted by Crippen LogP contribution is 2.58. The third-order valence-electron chi connectivity index (χ3n) is 7.02. The van der Waals surface area contributed by atoms with Crippen LogP contribution in [-0.4, -0.2) is 35.6 Å². The van der Waals surface area contributed by atoms with Crippen LogP contribution in [0.2, 0.25) is 0 Å². The summed E-state index contributed by atoms with van der Waals surface area (Å²) in [4.78, 5) is 2.99. The molecular weight excluding hydrogens is 256 g/mol. The summed E-state index contributed by atoms with van der Waals surface area (Å²) >= 11 is 0. The highest BCUT2D eigenvalue weighted by atomic mass is 15.3. The molecule has 2 nitrogen and oxygen atoms in total. The summed E-state index contributed by atoms with van der Waals surface area (Å²) in [6.45, 7) is 9.73. The molecule has 5 rings (SSSR count). The molecule has 120 valence electrons. The van der Waals surface area contributed by atoms with Crippen molar-refractivity contribution in [2.24, 2.45) is 23.7 Å². The second kappa shape index (κ2) is 5.23. The zero-order chi connectivity index (χ0) is 14.6. The summed E-state index contributed by atoms with van der Waals surface area (Å²) in [7, 11) is 0. The predicted molar refractivity (Wildman–Crippen MR) is 88.3 cm³/mol. The van der Waals surface area contributed by atoms with E-state index < -0.39 is 0 Å². The van der Waals surface area contributed by atoms with E-state index in [4.69, 9.17) is 0 Å². The Morgan fingerprint density at radius 1 is 1.05 bits per heavy atom. The van der Waals surface area contributed by atoms with E-state index in [1.807, 2.05) is 0 Å². The molecule has 0 aromatic carbocycles. The van der Waals surface area contributed by atoms with E-state index in [1.54, 1.807) is 19.3 Å². The molecule has 2 unspecified atom stereocenters. The van der Waals surface area contributed by atoms with Crippen LogP contribution in [0.1, 0.15) is 65.7 Å². The van der Waals surface area contributed by atoms with Gasteiger partial charge in [0.1, 0.15) is 0 Å². The van der Waals surface area contributed by atoms with E-state index in [-0.39, 0.29) is 0 Å². The third kappa shape index (κ3) is 2.57. The molecule has 4 aliphatic carbocycles. The average Bonchev–Trinajstić information content (AvgIpc) is 2.38. The van der Waals surface area contributed by atoms with Crippen LogP contribution in [0.25, 0.3) is 0 Å². The van der Waals surface area contributed by atoms with Crippen molar-refractivity contribution in [3.63, 3.8) is 0 Å². The molecule has 0 aromatic rings. The topological polar surface area (TPSA) is 15.3 Å². The summed E-state index contributed by atoms with van der Waals surface area (Å²) in [5, 5.41) is 3.82. The molecule has 2 atom stereocenters. The number of hydrogen-bond acceptors (Lipinski definition) is 2. The van der Waals surface area contributed by atoms with Crippen LogP contribution in [0, 0.1) is 23.7 Å². The third-order valence-corrected chi connectivity index (χ3v) is 7.02. The Morgan fingerprint density at radius 2 is 1.62 bits per heavy atom. The molecule has 1 N–H and O–H groups in total. The summed E-state index contributed by atoms with van der Waals surface area (Å²) in [5.74, 6) is 4.03. The van der Waals surface area contributed by atoms with E-state index in [9.17, 15) is 0 Å². The van der Waals surface area contributed by atoms with Crippen molar-refractivity contribution >= 4 is 0 Å². The van der Waals surface area contributed by atoms with Crippen LogP contribution in [0.15, 0.2) is 0 Å². The van der Waals surface area contributed by atoms with E-state index in [1.165, 1.54) is 38.8 Å². The number of piperazine rings is 1. The first kappa shape index (κ1) is 14.5. The SMILES string of the molecule is CC(C)CC1CN(C23CC4CC(CC(C4)C2)C3)C(C)CN1. The van der Waals surface area contributed by atoms with Gasteiger partial charge in [0.2, 0.25) is 0 Å². The fourth-order valence-corrected chi connectivity index (χ4v) is 6.73. The molecule has 1 aliphatic heterocycles. The zero-order valence-electron chi connectivity index (χ0n) is 14.3. The smallest absolute Gasteiger partial charge is 0.0221 e. The Kier molecular flexibility index (Phi) is 3.61. The molecule has 5 fully saturated rings. The van der Waals surface area contributed by atoms with Gasteiger partial charge >= 0.3 is 0 Å². The Balaban J connectivity index is 1.53. The summed E-state index contributed by atoms with van der Waals surface area (Å²) in [6, 6.07) is 1.47. The lowest BCUT2D eigenvalue weighted by Crippen LogP contribution is -2.68. The van der Waals surface area contributed by atoms with Crippen molar-refractivity contribution in [1.82, 2.24) is 10.2 Å². The normalized spacial score (nSPS) is 50.0. The predicted octanol–water partition coefficient (Wildman–Crippen LogP) is 3.66. The van der Waals surface area contributed by atoms with Gasteiger partial charge in [0, 0.05) is 30.7 Å². The first-order chi connectivity index (χ1) is 10.0. The Morgan fingerprint density at radius 3 is 2.14 bits per heavy atom. The van der Waals surface area contributed by atoms with Gasteiger partial charge in [-0.15, -0.1) is 0 Å². The molecule has 2 heteroatoms. The molecule has 1 heterocycles. The van der Waals surface area contributed by atoms with Gasteiger partial charge in [-0.2, -0.15) is 0 Å².